The van der Waals surface area contributed by atoms with E-state index in [0.29, 0.717) is 28.4 Å². The number of benzene rings is 3. The molecule has 0 atom stereocenters. The second-order valence-electron chi connectivity index (χ2n) is 10.3. The first kappa shape index (κ1) is 24.9. The largest absolute Gasteiger partial charge is 0.478 e. The lowest BCUT2D eigenvalue weighted by molar-refractivity contribution is 0.0696. The van der Waals surface area contributed by atoms with Gasteiger partial charge in [0.25, 0.3) is 0 Å². The Bertz CT molecular complexity index is 1650. The Morgan fingerprint density at radius 2 is 1.71 bits per heavy atom. The smallest absolute Gasteiger partial charge is 0.335 e. The zero-order chi connectivity index (χ0) is 26.9. The van der Waals surface area contributed by atoms with Crippen LogP contribution in [0.2, 0.25) is 0 Å². The summed E-state index contributed by atoms with van der Waals surface area (Å²) in [4.78, 5) is 33.6. The van der Waals surface area contributed by atoms with Crippen molar-refractivity contribution in [2.75, 3.05) is 5.32 Å². The molecule has 0 saturated heterocycles. The summed E-state index contributed by atoms with van der Waals surface area (Å²) < 4.78 is 1.86. The van der Waals surface area contributed by atoms with E-state index in [2.05, 4.69) is 31.1 Å². The third-order valence-electron chi connectivity index (χ3n) is 6.41. The van der Waals surface area contributed by atoms with Gasteiger partial charge in [-0.2, -0.15) is 0 Å². The number of carboxylic acids is 1. The van der Waals surface area contributed by atoms with E-state index in [1.54, 1.807) is 24.4 Å². The van der Waals surface area contributed by atoms with Crippen molar-refractivity contribution < 1.29 is 14.7 Å². The van der Waals surface area contributed by atoms with E-state index in [0.717, 1.165) is 11.1 Å². The van der Waals surface area contributed by atoms with Gasteiger partial charge in [0.05, 0.1) is 11.3 Å². The first-order chi connectivity index (χ1) is 18.2. The van der Waals surface area contributed by atoms with E-state index >= 15 is 0 Å². The van der Waals surface area contributed by atoms with Crippen LogP contribution in [-0.4, -0.2) is 31.2 Å². The molecule has 7 heteroatoms. The number of imidazole rings is 1. The molecule has 0 aliphatic carbocycles. The topological polar surface area (TPSA) is 96.6 Å². The fraction of sp³-hybridized carbons (Fsp3) is 0.161. The van der Waals surface area contributed by atoms with Crippen LogP contribution in [0.4, 0.5) is 11.5 Å². The Kier molecular flexibility index (Phi) is 6.51. The van der Waals surface area contributed by atoms with Crippen molar-refractivity contribution >= 4 is 28.9 Å². The van der Waals surface area contributed by atoms with E-state index in [1.165, 1.54) is 11.6 Å². The summed E-state index contributed by atoms with van der Waals surface area (Å²) in [5.74, 6) is -0.449. The van der Waals surface area contributed by atoms with Crippen molar-refractivity contribution in [1.82, 2.24) is 14.4 Å². The molecule has 0 aliphatic heterocycles. The number of hydrogen-bond acceptors (Lipinski definition) is 5. The van der Waals surface area contributed by atoms with Crippen molar-refractivity contribution in [1.29, 1.82) is 0 Å². The average Bonchev–Trinajstić information content (AvgIpc) is 3.38. The molecule has 5 rings (SSSR count). The van der Waals surface area contributed by atoms with Gasteiger partial charge in [-0.15, -0.1) is 0 Å². The number of Topliss-reactive ketones (excluding diaryl/α,β-unsaturated/α-hetero) is 1. The number of anilines is 2. The lowest BCUT2D eigenvalue weighted by atomic mass is 9.86. The quantitative estimate of drug-likeness (QED) is 0.244. The summed E-state index contributed by atoms with van der Waals surface area (Å²) in [6, 6.07) is 22.2. The van der Waals surface area contributed by atoms with Crippen molar-refractivity contribution in [2.24, 2.45) is 0 Å². The molecule has 3 aromatic carbocycles. The van der Waals surface area contributed by atoms with E-state index < -0.39 is 5.97 Å². The highest BCUT2D eigenvalue weighted by atomic mass is 16.4. The molecule has 2 aromatic heterocycles. The van der Waals surface area contributed by atoms with Gasteiger partial charge in [-0.3, -0.25) is 4.79 Å². The summed E-state index contributed by atoms with van der Waals surface area (Å²) in [6.07, 6.45) is 5.67. The fourth-order valence-electron chi connectivity index (χ4n) is 4.31. The van der Waals surface area contributed by atoms with Crippen LogP contribution in [0.1, 0.15) is 52.6 Å². The summed E-state index contributed by atoms with van der Waals surface area (Å²) in [5, 5.41) is 12.5. The Labute approximate surface area is 220 Å². The van der Waals surface area contributed by atoms with Crippen molar-refractivity contribution in [3.05, 3.63) is 114 Å². The molecule has 0 radical (unpaired) electrons. The second kappa shape index (κ2) is 9.94. The van der Waals surface area contributed by atoms with Gasteiger partial charge >= 0.3 is 5.97 Å². The number of aromatic carboxylic acids is 1. The number of ketones is 1. The van der Waals surface area contributed by atoms with Gasteiger partial charge in [0.2, 0.25) is 0 Å². The molecule has 0 unspecified atom stereocenters. The van der Waals surface area contributed by atoms with Gasteiger partial charge in [0, 0.05) is 41.8 Å². The van der Waals surface area contributed by atoms with Crippen molar-refractivity contribution in [3.8, 4) is 11.3 Å². The Hall–Kier alpha value is -4.78. The van der Waals surface area contributed by atoms with Gasteiger partial charge in [-0.25, -0.2) is 14.8 Å². The third-order valence-corrected chi connectivity index (χ3v) is 6.41. The van der Waals surface area contributed by atoms with Crippen LogP contribution < -0.4 is 5.32 Å². The Balaban J connectivity index is 1.42. The molecule has 5 aromatic rings. The maximum Gasteiger partial charge on any atom is 0.335 e. The number of fused-ring (bicyclic) bond motifs is 1. The van der Waals surface area contributed by atoms with E-state index in [-0.39, 0.29) is 23.2 Å². The van der Waals surface area contributed by atoms with Crippen LogP contribution in [0.5, 0.6) is 0 Å². The number of carbonyl (C=O) groups excluding carboxylic acids is 1. The minimum absolute atomic E-state index is 0.0337. The zero-order valence-corrected chi connectivity index (χ0v) is 21.5. The monoisotopic (exact) mass is 504 g/mol. The molecule has 2 N–H and O–H groups in total. The molecule has 0 bridgehead atoms. The van der Waals surface area contributed by atoms with Gasteiger partial charge in [0.15, 0.2) is 17.2 Å². The Morgan fingerprint density at radius 3 is 2.45 bits per heavy atom. The van der Waals surface area contributed by atoms with Crippen molar-refractivity contribution in [2.45, 2.75) is 32.6 Å². The minimum atomic E-state index is -1.00. The summed E-state index contributed by atoms with van der Waals surface area (Å²) in [7, 11) is 0. The molecule has 0 spiro atoms. The lowest BCUT2D eigenvalue weighted by Gasteiger charge is -2.19. The number of rotatable bonds is 7. The Morgan fingerprint density at radius 1 is 0.947 bits per heavy atom. The van der Waals surface area contributed by atoms with Crippen LogP contribution in [0, 0.1) is 0 Å². The van der Waals surface area contributed by atoms with Gasteiger partial charge in [-0.1, -0.05) is 69.3 Å². The number of carboxylic acid groups (broad SMARTS) is 1. The van der Waals surface area contributed by atoms with E-state index in [1.807, 2.05) is 65.3 Å². The SMILES string of the molecule is CC(C)(C)c1ccc(C(=O)Cc2cccc(-c3cn4ccnc4c(Nc4cccc(C(=O)O)c4)n3)c2)cc1. The predicted molar refractivity (Wildman–Crippen MR) is 148 cm³/mol. The van der Waals surface area contributed by atoms with E-state index in [4.69, 9.17) is 4.98 Å². The normalized spacial score (nSPS) is 11.4. The van der Waals surface area contributed by atoms with Gasteiger partial charge in [-0.05, 0) is 40.8 Å². The molecule has 0 fully saturated rings. The summed E-state index contributed by atoms with van der Waals surface area (Å²) in [5.41, 5.74) is 5.74. The van der Waals surface area contributed by atoms with Gasteiger partial charge < -0.3 is 14.8 Å². The zero-order valence-electron chi connectivity index (χ0n) is 21.5. The number of aromatic nitrogens is 3. The summed E-state index contributed by atoms with van der Waals surface area (Å²) in [6.45, 7) is 6.45. The van der Waals surface area contributed by atoms with Crippen LogP contribution >= 0.6 is 0 Å². The average molecular weight is 505 g/mol. The van der Waals surface area contributed by atoms with Crippen LogP contribution in [0.25, 0.3) is 16.9 Å². The molecule has 38 heavy (non-hydrogen) atoms. The number of carbonyl (C=O) groups is 2. The predicted octanol–water partition coefficient (Wildman–Crippen LogP) is 6.56. The maximum atomic E-state index is 13.0. The molecule has 7 nitrogen and oxygen atoms in total. The lowest BCUT2D eigenvalue weighted by Crippen LogP contribution is -2.11. The van der Waals surface area contributed by atoms with Crippen LogP contribution in [-0.2, 0) is 11.8 Å². The first-order valence-corrected chi connectivity index (χ1v) is 12.3. The molecule has 0 amide bonds. The number of hydrogen-bond donors (Lipinski definition) is 2. The summed E-state index contributed by atoms with van der Waals surface area (Å²) >= 11 is 0. The number of nitrogens with one attached hydrogen (secondary N) is 1. The fourth-order valence-corrected chi connectivity index (χ4v) is 4.31. The molecular formula is C31H28N4O3. The van der Waals surface area contributed by atoms with Gasteiger partial charge in [0.1, 0.15) is 0 Å². The highest BCUT2D eigenvalue weighted by molar-refractivity contribution is 5.97. The van der Waals surface area contributed by atoms with Crippen LogP contribution in [0.15, 0.2) is 91.4 Å². The molecule has 190 valence electrons. The van der Waals surface area contributed by atoms with Crippen LogP contribution in [0.3, 0.4) is 0 Å². The van der Waals surface area contributed by atoms with Crippen molar-refractivity contribution in [3.63, 3.8) is 0 Å². The first-order valence-electron chi connectivity index (χ1n) is 12.3. The molecule has 0 saturated carbocycles. The standard InChI is InChI=1S/C31H28N4O3/c1-31(2,3)24-12-10-21(11-13-24)27(36)17-20-6-4-7-22(16-20)26-19-35-15-14-32-29(35)28(34-26)33-25-9-5-8-23(18-25)30(37)38/h4-16,18-19H,17H2,1-3H3,(H,33,34)(H,37,38). The molecule has 2 heterocycles. The molecule has 0 aliphatic rings. The highest BCUT2D eigenvalue weighted by Crippen LogP contribution is 2.27. The minimum Gasteiger partial charge on any atom is -0.478 e. The van der Waals surface area contributed by atoms with E-state index in [9.17, 15) is 14.7 Å². The number of nitrogens with zero attached hydrogens (tertiary/aromatic N) is 3. The highest BCUT2D eigenvalue weighted by Gasteiger charge is 2.15. The second-order valence-corrected chi connectivity index (χ2v) is 10.3. The third kappa shape index (κ3) is 5.32. The molecular weight excluding hydrogens is 476 g/mol. The maximum absolute atomic E-state index is 13.0.